The Morgan fingerprint density at radius 1 is 1.04 bits per heavy atom. The molecule has 2 rings (SSSR count). The predicted octanol–water partition coefficient (Wildman–Crippen LogP) is 4.76. The van der Waals surface area contributed by atoms with Crippen molar-refractivity contribution in [3.63, 3.8) is 0 Å². The Kier molecular flexibility index (Phi) is 7.43. The molecule has 0 spiro atoms. The first kappa shape index (κ1) is 19.2. The van der Waals surface area contributed by atoms with Crippen LogP contribution in [-0.4, -0.2) is 23.7 Å². The first-order valence-electron chi connectivity index (χ1n) is 8.75. The lowest BCUT2D eigenvalue weighted by molar-refractivity contribution is -0.131. The van der Waals surface area contributed by atoms with Crippen LogP contribution in [0.4, 0.5) is 10.5 Å². The lowest BCUT2D eigenvalue weighted by Crippen LogP contribution is -2.29. The molecule has 0 saturated carbocycles. The van der Waals surface area contributed by atoms with Gasteiger partial charge in [-0.1, -0.05) is 56.2 Å². The highest BCUT2D eigenvalue weighted by atomic mass is 16.4. The molecule has 0 bridgehead atoms. The Morgan fingerprint density at radius 3 is 2.50 bits per heavy atom. The predicted molar refractivity (Wildman–Crippen MR) is 105 cm³/mol. The molecule has 3 N–H and O–H groups in total. The standard InChI is InChI=1S/C21H24N2O3/c1-2-3-4-14-22-21(26)23-19-7-5-6-18(15-19)17-11-8-16(9-12-17)10-13-20(24)25/h5-13,15H,2-4,14H2,1H3,(H,24,25)(H2,22,23,26). The van der Waals surface area contributed by atoms with Gasteiger partial charge in [0.05, 0.1) is 0 Å². The van der Waals surface area contributed by atoms with Crippen molar-refractivity contribution in [2.45, 2.75) is 26.2 Å². The van der Waals surface area contributed by atoms with Gasteiger partial charge in [0, 0.05) is 18.3 Å². The zero-order valence-electron chi connectivity index (χ0n) is 14.9. The normalized spacial score (nSPS) is 10.7. The van der Waals surface area contributed by atoms with Gasteiger partial charge in [0.15, 0.2) is 0 Å². The van der Waals surface area contributed by atoms with Crippen molar-refractivity contribution < 1.29 is 14.7 Å². The van der Waals surface area contributed by atoms with Crippen molar-refractivity contribution in [2.24, 2.45) is 0 Å². The Hall–Kier alpha value is -3.08. The molecular formula is C21H24N2O3. The summed E-state index contributed by atoms with van der Waals surface area (Å²) in [4.78, 5) is 22.5. The van der Waals surface area contributed by atoms with Gasteiger partial charge in [-0.2, -0.15) is 0 Å². The van der Waals surface area contributed by atoms with Crippen LogP contribution in [0, 0.1) is 0 Å². The van der Waals surface area contributed by atoms with E-state index in [4.69, 9.17) is 5.11 Å². The molecule has 0 unspecified atom stereocenters. The summed E-state index contributed by atoms with van der Waals surface area (Å²) in [6.07, 6.45) is 5.86. The van der Waals surface area contributed by atoms with E-state index in [0.29, 0.717) is 6.54 Å². The van der Waals surface area contributed by atoms with Crippen LogP contribution in [0.2, 0.25) is 0 Å². The summed E-state index contributed by atoms with van der Waals surface area (Å²) in [6.45, 7) is 2.80. The van der Waals surface area contributed by atoms with Gasteiger partial charge in [0.2, 0.25) is 0 Å². The van der Waals surface area contributed by atoms with Gasteiger partial charge in [-0.3, -0.25) is 0 Å². The smallest absolute Gasteiger partial charge is 0.328 e. The number of anilines is 1. The number of carbonyl (C=O) groups is 2. The summed E-state index contributed by atoms with van der Waals surface area (Å²) >= 11 is 0. The average Bonchev–Trinajstić information content (AvgIpc) is 2.64. The minimum Gasteiger partial charge on any atom is -0.478 e. The van der Waals surface area contributed by atoms with Gasteiger partial charge < -0.3 is 15.7 Å². The van der Waals surface area contributed by atoms with E-state index in [-0.39, 0.29) is 6.03 Å². The van der Waals surface area contributed by atoms with E-state index in [0.717, 1.165) is 47.7 Å². The molecule has 0 aliphatic heterocycles. The fourth-order valence-electron chi connectivity index (χ4n) is 2.48. The SMILES string of the molecule is CCCCCNC(=O)Nc1cccc(-c2ccc(C=CC(=O)O)cc2)c1. The topological polar surface area (TPSA) is 78.4 Å². The third kappa shape index (κ3) is 6.43. The van der Waals surface area contributed by atoms with Crippen LogP contribution < -0.4 is 10.6 Å². The second kappa shape index (κ2) is 10.0. The number of benzene rings is 2. The zero-order valence-corrected chi connectivity index (χ0v) is 14.9. The molecule has 0 heterocycles. The van der Waals surface area contributed by atoms with Gasteiger partial charge in [-0.15, -0.1) is 0 Å². The molecule has 0 fully saturated rings. The van der Waals surface area contributed by atoms with Crippen molar-refractivity contribution >= 4 is 23.8 Å². The van der Waals surface area contributed by atoms with E-state index in [9.17, 15) is 9.59 Å². The summed E-state index contributed by atoms with van der Waals surface area (Å²) in [6, 6.07) is 15.0. The maximum atomic E-state index is 11.9. The van der Waals surface area contributed by atoms with E-state index in [1.807, 2.05) is 48.5 Å². The Labute approximate surface area is 153 Å². The zero-order chi connectivity index (χ0) is 18.8. The molecule has 0 aromatic heterocycles. The average molecular weight is 352 g/mol. The number of amides is 2. The van der Waals surface area contributed by atoms with E-state index in [1.54, 1.807) is 6.08 Å². The molecule has 26 heavy (non-hydrogen) atoms. The van der Waals surface area contributed by atoms with Gasteiger partial charge in [-0.05, 0) is 41.3 Å². The van der Waals surface area contributed by atoms with Gasteiger partial charge >= 0.3 is 12.0 Å². The minimum atomic E-state index is -0.971. The van der Waals surface area contributed by atoms with Gasteiger partial charge in [0.1, 0.15) is 0 Å². The Morgan fingerprint density at radius 2 is 1.81 bits per heavy atom. The van der Waals surface area contributed by atoms with Crippen molar-refractivity contribution in [1.82, 2.24) is 5.32 Å². The van der Waals surface area contributed by atoms with Crippen LogP contribution in [0.25, 0.3) is 17.2 Å². The van der Waals surface area contributed by atoms with Crippen LogP contribution in [-0.2, 0) is 4.79 Å². The number of hydrogen-bond acceptors (Lipinski definition) is 2. The van der Waals surface area contributed by atoms with Crippen LogP contribution >= 0.6 is 0 Å². The second-order valence-corrected chi connectivity index (χ2v) is 5.96. The number of carbonyl (C=O) groups excluding carboxylic acids is 1. The van der Waals surface area contributed by atoms with Crippen molar-refractivity contribution in [2.75, 3.05) is 11.9 Å². The van der Waals surface area contributed by atoms with E-state index >= 15 is 0 Å². The fraction of sp³-hybridized carbons (Fsp3) is 0.238. The van der Waals surface area contributed by atoms with Crippen molar-refractivity contribution in [3.8, 4) is 11.1 Å². The molecule has 0 aliphatic carbocycles. The molecular weight excluding hydrogens is 328 g/mol. The summed E-state index contributed by atoms with van der Waals surface area (Å²) in [7, 11) is 0. The molecule has 2 aromatic rings. The monoisotopic (exact) mass is 352 g/mol. The number of urea groups is 1. The second-order valence-electron chi connectivity index (χ2n) is 5.96. The highest BCUT2D eigenvalue weighted by molar-refractivity contribution is 5.90. The maximum absolute atomic E-state index is 11.9. The van der Waals surface area contributed by atoms with Gasteiger partial charge in [0.25, 0.3) is 0 Å². The Bertz CT molecular complexity index is 767. The lowest BCUT2D eigenvalue weighted by atomic mass is 10.0. The first-order chi connectivity index (χ1) is 12.6. The third-order valence-corrected chi connectivity index (χ3v) is 3.85. The fourth-order valence-corrected chi connectivity index (χ4v) is 2.48. The lowest BCUT2D eigenvalue weighted by Gasteiger charge is -2.09. The molecule has 0 atom stereocenters. The first-order valence-corrected chi connectivity index (χ1v) is 8.75. The number of carboxylic acids is 1. The molecule has 2 amide bonds. The molecule has 0 saturated heterocycles. The minimum absolute atomic E-state index is 0.201. The van der Waals surface area contributed by atoms with E-state index in [2.05, 4.69) is 17.6 Å². The van der Waals surface area contributed by atoms with Crippen LogP contribution in [0.15, 0.2) is 54.6 Å². The highest BCUT2D eigenvalue weighted by Gasteiger charge is 2.03. The maximum Gasteiger partial charge on any atom is 0.328 e. The molecule has 2 aromatic carbocycles. The third-order valence-electron chi connectivity index (χ3n) is 3.85. The molecule has 0 radical (unpaired) electrons. The number of aliphatic carboxylic acids is 1. The van der Waals surface area contributed by atoms with Crippen molar-refractivity contribution in [3.05, 3.63) is 60.2 Å². The quantitative estimate of drug-likeness (QED) is 0.473. The van der Waals surface area contributed by atoms with Crippen LogP contribution in [0.1, 0.15) is 31.7 Å². The highest BCUT2D eigenvalue weighted by Crippen LogP contribution is 2.23. The molecule has 0 aliphatic rings. The summed E-state index contributed by atoms with van der Waals surface area (Å²) in [5.41, 5.74) is 3.51. The van der Waals surface area contributed by atoms with Crippen LogP contribution in [0.3, 0.4) is 0 Å². The Balaban J connectivity index is 2.00. The van der Waals surface area contributed by atoms with Crippen LogP contribution in [0.5, 0.6) is 0 Å². The number of nitrogens with one attached hydrogen (secondary N) is 2. The summed E-state index contributed by atoms with van der Waals surface area (Å²) < 4.78 is 0. The summed E-state index contributed by atoms with van der Waals surface area (Å²) in [5, 5.41) is 14.4. The van der Waals surface area contributed by atoms with Gasteiger partial charge in [-0.25, -0.2) is 9.59 Å². The number of rotatable bonds is 8. The molecule has 5 heteroatoms. The van der Waals surface area contributed by atoms with Crippen molar-refractivity contribution in [1.29, 1.82) is 0 Å². The largest absolute Gasteiger partial charge is 0.478 e. The van der Waals surface area contributed by atoms with E-state index in [1.165, 1.54) is 0 Å². The molecule has 5 nitrogen and oxygen atoms in total. The summed E-state index contributed by atoms with van der Waals surface area (Å²) in [5.74, 6) is -0.971. The molecule has 136 valence electrons. The number of unbranched alkanes of at least 4 members (excludes halogenated alkanes) is 2. The van der Waals surface area contributed by atoms with E-state index < -0.39 is 5.97 Å². The number of carboxylic acid groups (broad SMARTS) is 1. The number of hydrogen-bond donors (Lipinski definition) is 3.